The Hall–Kier alpha value is -0.830. The maximum Gasteiger partial charge on any atom is 0.357 e. The molecule has 0 bridgehead atoms. The molecular formula is C14H14I+. The van der Waals surface area contributed by atoms with Gasteiger partial charge >= 0.3 is 21.2 Å². The third kappa shape index (κ3) is 3.06. The van der Waals surface area contributed by atoms with Gasteiger partial charge in [0.15, 0.2) is 7.14 Å². The predicted octanol–water partition coefficient (Wildman–Crippen LogP) is 0.432. The van der Waals surface area contributed by atoms with E-state index in [1.807, 2.05) is 0 Å². The van der Waals surface area contributed by atoms with E-state index in [-0.39, 0.29) is 21.2 Å². The van der Waals surface area contributed by atoms with Gasteiger partial charge in [0.1, 0.15) is 0 Å². The minimum Gasteiger partial charge on any atom is -0.0548 e. The van der Waals surface area contributed by atoms with Crippen LogP contribution in [0.5, 0.6) is 0 Å². The Bertz CT molecular complexity index is 382. The number of halogens is 1. The van der Waals surface area contributed by atoms with E-state index >= 15 is 0 Å². The Morgan fingerprint density at radius 3 is 1.27 bits per heavy atom. The van der Waals surface area contributed by atoms with E-state index in [4.69, 9.17) is 0 Å². The van der Waals surface area contributed by atoms with Crippen molar-refractivity contribution in [2.24, 2.45) is 0 Å². The zero-order valence-corrected chi connectivity index (χ0v) is 11.2. The lowest BCUT2D eigenvalue weighted by Gasteiger charge is -1.90. The summed E-state index contributed by atoms with van der Waals surface area (Å²) >= 11 is 0.00313. The third-order valence-electron chi connectivity index (χ3n) is 2.24. The van der Waals surface area contributed by atoms with Crippen LogP contribution in [0.25, 0.3) is 0 Å². The smallest absolute Gasteiger partial charge is 0.0548 e. The summed E-state index contributed by atoms with van der Waals surface area (Å²) in [6.45, 7) is 4.27. The van der Waals surface area contributed by atoms with Crippen LogP contribution in [0, 0.1) is 21.0 Å². The van der Waals surface area contributed by atoms with Gasteiger partial charge in [-0.2, -0.15) is 0 Å². The lowest BCUT2D eigenvalue weighted by molar-refractivity contribution is -0.597. The van der Waals surface area contributed by atoms with Gasteiger partial charge in [-0.3, -0.25) is 0 Å². The number of aryl methyl sites for hydroxylation is 2. The zero-order valence-electron chi connectivity index (χ0n) is 9.00. The summed E-state index contributed by atoms with van der Waals surface area (Å²) in [6, 6.07) is 17.8. The fraction of sp³-hybridized carbons (Fsp3) is 0.143. The molecule has 0 amide bonds. The molecule has 76 valence electrons. The number of rotatable bonds is 2. The maximum atomic E-state index is 2.25. The molecule has 0 N–H and O–H groups in total. The molecule has 2 aromatic rings. The van der Waals surface area contributed by atoms with Crippen LogP contribution >= 0.6 is 0 Å². The van der Waals surface area contributed by atoms with Crippen LogP contribution in [0.2, 0.25) is 0 Å². The molecule has 0 saturated heterocycles. The van der Waals surface area contributed by atoms with Crippen molar-refractivity contribution in [1.29, 1.82) is 0 Å². The second-order valence-electron chi connectivity index (χ2n) is 3.69. The average Bonchev–Trinajstić information content (AvgIpc) is 2.25. The minimum atomic E-state index is 0.00313. The van der Waals surface area contributed by atoms with Crippen LogP contribution in [0.15, 0.2) is 48.5 Å². The van der Waals surface area contributed by atoms with Gasteiger partial charge in [-0.25, -0.2) is 0 Å². The van der Waals surface area contributed by atoms with Crippen molar-refractivity contribution >= 4 is 0 Å². The molecule has 0 aliphatic rings. The normalized spacial score (nSPS) is 10.3. The first kappa shape index (κ1) is 10.7. The fourth-order valence-electron chi connectivity index (χ4n) is 1.32. The van der Waals surface area contributed by atoms with E-state index in [0.29, 0.717) is 0 Å². The number of benzene rings is 2. The molecule has 0 spiro atoms. The summed E-state index contributed by atoms with van der Waals surface area (Å²) in [6.07, 6.45) is 0. The first-order valence-corrected chi connectivity index (χ1v) is 7.18. The van der Waals surface area contributed by atoms with Crippen molar-refractivity contribution < 1.29 is 21.2 Å². The van der Waals surface area contributed by atoms with Crippen LogP contribution in [0.4, 0.5) is 0 Å². The molecule has 15 heavy (non-hydrogen) atoms. The van der Waals surface area contributed by atoms with Crippen molar-refractivity contribution in [3.05, 3.63) is 66.8 Å². The molecule has 0 aliphatic carbocycles. The van der Waals surface area contributed by atoms with Gasteiger partial charge in [-0.1, -0.05) is 35.4 Å². The van der Waals surface area contributed by atoms with E-state index in [9.17, 15) is 0 Å². The average molecular weight is 309 g/mol. The Morgan fingerprint density at radius 1 is 0.600 bits per heavy atom. The van der Waals surface area contributed by atoms with Gasteiger partial charge in [-0.05, 0) is 38.1 Å². The molecular weight excluding hydrogens is 295 g/mol. The quantitative estimate of drug-likeness (QED) is 0.706. The third-order valence-corrected chi connectivity index (χ3v) is 4.92. The molecule has 0 radical (unpaired) electrons. The van der Waals surface area contributed by atoms with Crippen molar-refractivity contribution in [1.82, 2.24) is 0 Å². The zero-order chi connectivity index (χ0) is 10.7. The molecule has 1 heteroatoms. The molecule has 0 aliphatic heterocycles. The largest absolute Gasteiger partial charge is 0.357 e. The van der Waals surface area contributed by atoms with Gasteiger partial charge in [0, 0.05) is 0 Å². The Morgan fingerprint density at radius 2 is 0.933 bits per heavy atom. The van der Waals surface area contributed by atoms with E-state index < -0.39 is 0 Å². The van der Waals surface area contributed by atoms with Crippen LogP contribution in [0.3, 0.4) is 0 Å². The van der Waals surface area contributed by atoms with E-state index in [1.165, 1.54) is 18.3 Å². The van der Waals surface area contributed by atoms with Crippen molar-refractivity contribution in [3.8, 4) is 0 Å². The topological polar surface area (TPSA) is 0 Å². The van der Waals surface area contributed by atoms with Crippen LogP contribution in [-0.4, -0.2) is 0 Å². The first-order valence-electron chi connectivity index (χ1n) is 5.02. The summed E-state index contributed by atoms with van der Waals surface area (Å²) in [4.78, 5) is 0. The first-order chi connectivity index (χ1) is 7.24. The summed E-state index contributed by atoms with van der Waals surface area (Å²) in [7, 11) is 0. The minimum absolute atomic E-state index is 0.00313. The van der Waals surface area contributed by atoms with Gasteiger partial charge in [0.25, 0.3) is 0 Å². The standard InChI is InChI=1S/C14H14I/c1-11-3-7-13(8-4-11)15-14-9-5-12(2)6-10-14/h3-10H,1-2H3/q+1. The van der Waals surface area contributed by atoms with Gasteiger partial charge in [0.2, 0.25) is 0 Å². The van der Waals surface area contributed by atoms with Crippen LogP contribution in [-0.2, 0) is 0 Å². The van der Waals surface area contributed by atoms with E-state index in [2.05, 4.69) is 62.4 Å². The summed E-state index contributed by atoms with van der Waals surface area (Å²) < 4.78 is 2.98. The van der Waals surface area contributed by atoms with E-state index in [0.717, 1.165) is 0 Å². The highest BCUT2D eigenvalue weighted by Gasteiger charge is 2.13. The lowest BCUT2D eigenvalue weighted by Crippen LogP contribution is -3.61. The Labute approximate surface area is 102 Å². The van der Waals surface area contributed by atoms with Gasteiger partial charge in [0.05, 0.1) is 0 Å². The Balaban J connectivity index is 2.15. The maximum absolute atomic E-state index is 2.25. The molecule has 0 unspecified atom stereocenters. The lowest BCUT2D eigenvalue weighted by atomic mass is 10.2. The SMILES string of the molecule is Cc1ccc([I+]c2ccc(C)cc2)cc1. The molecule has 2 aromatic carbocycles. The Kier molecular flexibility index (Phi) is 3.41. The molecule has 0 saturated carbocycles. The molecule has 0 fully saturated rings. The van der Waals surface area contributed by atoms with Gasteiger partial charge < -0.3 is 0 Å². The molecule has 0 aromatic heterocycles. The van der Waals surface area contributed by atoms with Crippen molar-refractivity contribution in [2.45, 2.75) is 13.8 Å². The van der Waals surface area contributed by atoms with Crippen molar-refractivity contribution in [2.75, 3.05) is 0 Å². The molecule has 0 heterocycles. The molecule has 0 atom stereocenters. The number of hydrogen-bond acceptors (Lipinski definition) is 0. The summed E-state index contributed by atoms with van der Waals surface area (Å²) in [5.41, 5.74) is 2.68. The van der Waals surface area contributed by atoms with Crippen LogP contribution < -0.4 is 21.2 Å². The fourth-order valence-corrected chi connectivity index (χ4v) is 3.48. The highest BCUT2D eigenvalue weighted by Crippen LogP contribution is 1.95. The second-order valence-corrected chi connectivity index (χ2v) is 6.72. The highest BCUT2D eigenvalue weighted by atomic mass is 127. The monoisotopic (exact) mass is 309 g/mol. The predicted molar refractivity (Wildman–Crippen MR) is 59.8 cm³/mol. The summed E-state index contributed by atoms with van der Waals surface area (Å²) in [5, 5.41) is 0. The number of hydrogen-bond donors (Lipinski definition) is 0. The highest BCUT2D eigenvalue weighted by molar-refractivity contribution is 5.13. The molecule has 0 nitrogen and oxygen atoms in total. The van der Waals surface area contributed by atoms with Gasteiger partial charge in [-0.15, -0.1) is 0 Å². The van der Waals surface area contributed by atoms with E-state index in [1.54, 1.807) is 0 Å². The second kappa shape index (κ2) is 4.79. The van der Waals surface area contributed by atoms with Crippen molar-refractivity contribution in [3.63, 3.8) is 0 Å². The molecule has 2 rings (SSSR count). The summed E-state index contributed by atoms with van der Waals surface area (Å²) in [5.74, 6) is 0. The van der Waals surface area contributed by atoms with Crippen LogP contribution in [0.1, 0.15) is 11.1 Å².